The van der Waals surface area contributed by atoms with Crippen molar-refractivity contribution < 1.29 is 14.3 Å². The number of thiazole rings is 1. The van der Waals surface area contributed by atoms with E-state index in [2.05, 4.69) is 10.3 Å². The number of furan rings is 1. The molecule has 90 valence electrons. The van der Waals surface area contributed by atoms with E-state index < -0.39 is 5.97 Å². The van der Waals surface area contributed by atoms with Crippen molar-refractivity contribution in [2.45, 2.75) is 13.3 Å². The van der Waals surface area contributed by atoms with E-state index in [-0.39, 0.29) is 4.88 Å². The second-order valence-electron chi connectivity index (χ2n) is 3.52. The van der Waals surface area contributed by atoms with Crippen molar-refractivity contribution >= 4 is 22.4 Å². The molecule has 0 saturated carbocycles. The van der Waals surface area contributed by atoms with Crippen molar-refractivity contribution in [3.05, 3.63) is 34.7 Å². The summed E-state index contributed by atoms with van der Waals surface area (Å²) in [6.45, 7) is 2.57. The van der Waals surface area contributed by atoms with E-state index >= 15 is 0 Å². The lowest BCUT2D eigenvalue weighted by Crippen LogP contribution is -2.03. The molecule has 0 aromatic carbocycles. The SMILES string of the molecule is Cc1ccc(CCNc2ncc(C(=O)O)s2)o1. The van der Waals surface area contributed by atoms with Gasteiger partial charge in [-0.15, -0.1) is 0 Å². The van der Waals surface area contributed by atoms with Gasteiger partial charge in [0.25, 0.3) is 0 Å². The largest absolute Gasteiger partial charge is 0.477 e. The molecule has 17 heavy (non-hydrogen) atoms. The number of carboxylic acids is 1. The Balaban J connectivity index is 1.83. The first-order valence-electron chi connectivity index (χ1n) is 5.13. The number of nitrogens with one attached hydrogen (secondary N) is 1. The Hall–Kier alpha value is -1.82. The van der Waals surface area contributed by atoms with E-state index in [0.717, 1.165) is 29.3 Å². The molecular formula is C11H12N2O3S. The van der Waals surface area contributed by atoms with Gasteiger partial charge in [0, 0.05) is 13.0 Å². The summed E-state index contributed by atoms with van der Waals surface area (Å²) in [5, 5.41) is 12.4. The molecule has 0 aliphatic rings. The van der Waals surface area contributed by atoms with Gasteiger partial charge in [-0.3, -0.25) is 0 Å². The predicted molar refractivity (Wildman–Crippen MR) is 64.7 cm³/mol. The molecule has 2 aromatic rings. The first-order valence-corrected chi connectivity index (χ1v) is 5.95. The number of carboxylic acid groups (broad SMARTS) is 1. The van der Waals surface area contributed by atoms with E-state index in [1.54, 1.807) is 0 Å². The van der Waals surface area contributed by atoms with Crippen LogP contribution in [0.1, 0.15) is 21.2 Å². The molecule has 0 amide bonds. The zero-order chi connectivity index (χ0) is 12.3. The van der Waals surface area contributed by atoms with Gasteiger partial charge in [-0.05, 0) is 19.1 Å². The third-order valence-electron chi connectivity index (χ3n) is 2.16. The Kier molecular flexibility index (Phi) is 3.43. The molecule has 0 bridgehead atoms. The van der Waals surface area contributed by atoms with E-state index in [1.165, 1.54) is 6.20 Å². The Bertz CT molecular complexity index is 518. The minimum atomic E-state index is -0.947. The summed E-state index contributed by atoms with van der Waals surface area (Å²) in [5.41, 5.74) is 0. The minimum absolute atomic E-state index is 0.237. The van der Waals surface area contributed by atoms with Crippen molar-refractivity contribution in [1.82, 2.24) is 4.98 Å². The molecule has 2 rings (SSSR count). The van der Waals surface area contributed by atoms with E-state index in [0.29, 0.717) is 11.7 Å². The highest BCUT2D eigenvalue weighted by atomic mass is 32.1. The molecule has 2 aromatic heterocycles. The van der Waals surface area contributed by atoms with Crippen molar-refractivity contribution in [2.24, 2.45) is 0 Å². The average Bonchev–Trinajstić information content (AvgIpc) is 2.88. The molecule has 0 fully saturated rings. The quantitative estimate of drug-likeness (QED) is 0.854. The van der Waals surface area contributed by atoms with E-state index in [9.17, 15) is 4.79 Å². The van der Waals surface area contributed by atoms with Crippen LogP contribution in [0, 0.1) is 6.92 Å². The van der Waals surface area contributed by atoms with Gasteiger partial charge in [0.05, 0.1) is 6.20 Å². The Morgan fingerprint density at radius 1 is 1.59 bits per heavy atom. The van der Waals surface area contributed by atoms with Gasteiger partial charge in [-0.2, -0.15) is 0 Å². The van der Waals surface area contributed by atoms with Crippen LogP contribution in [-0.4, -0.2) is 22.6 Å². The van der Waals surface area contributed by atoms with Gasteiger partial charge in [0.1, 0.15) is 16.4 Å². The monoisotopic (exact) mass is 252 g/mol. The second kappa shape index (κ2) is 5.01. The molecule has 0 spiro atoms. The molecule has 0 unspecified atom stereocenters. The highest BCUT2D eigenvalue weighted by Gasteiger charge is 2.08. The van der Waals surface area contributed by atoms with Gasteiger partial charge < -0.3 is 14.8 Å². The highest BCUT2D eigenvalue weighted by molar-refractivity contribution is 7.17. The molecule has 0 aliphatic carbocycles. The van der Waals surface area contributed by atoms with Crippen LogP contribution < -0.4 is 5.32 Å². The lowest BCUT2D eigenvalue weighted by Gasteiger charge is -1.99. The topological polar surface area (TPSA) is 75.4 Å². The fourth-order valence-electron chi connectivity index (χ4n) is 1.37. The van der Waals surface area contributed by atoms with Crippen LogP contribution in [-0.2, 0) is 6.42 Å². The number of aromatic carboxylic acids is 1. The van der Waals surface area contributed by atoms with E-state index in [4.69, 9.17) is 9.52 Å². The molecular weight excluding hydrogens is 240 g/mol. The molecule has 6 heteroatoms. The minimum Gasteiger partial charge on any atom is -0.477 e. The molecule has 2 heterocycles. The fourth-order valence-corrected chi connectivity index (χ4v) is 2.05. The number of nitrogens with zero attached hydrogens (tertiary/aromatic N) is 1. The van der Waals surface area contributed by atoms with Crippen LogP contribution in [0.5, 0.6) is 0 Å². The number of aromatic nitrogens is 1. The van der Waals surface area contributed by atoms with Gasteiger partial charge in [-0.25, -0.2) is 9.78 Å². The third-order valence-corrected chi connectivity index (χ3v) is 3.10. The number of anilines is 1. The van der Waals surface area contributed by atoms with Crippen molar-refractivity contribution in [1.29, 1.82) is 0 Å². The highest BCUT2D eigenvalue weighted by Crippen LogP contribution is 2.17. The predicted octanol–water partition coefficient (Wildman–Crippen LogP) is 2.40. The first kappa shape index (κ1) is 11.7. The lowest BCUT2D eigenvalue weighted by molar-refractivity contribution is 0.0702. The zero-order valence-corrected chi connectivity index (χ0v) is 10.1. The number of hydrogen-bond donors (Lipinski definition) is 2. The zero-order valence-electron chi connectivity index (χ0n) is 9.27. The van der Waals surface area contributed by atoms with Gasteiger partial charge in [0.15, 0.2) is 5.13 Å². The summed E-state index contributed by atoms with van der Waals surface area (Å²) in [5.74, 6) is 0.852. The molecule has 5 nitrogen and oxygen atoms in total. The first-order chi connectivity index (χ1) is 8.15. The van der Waals surface area contributed by atoms with Gasteiger partial charge in [-0.1, -0.05) is 11.3 Å². The van der Waals surface area contributed by atoms with Gasteiger partial charge >= 0.3 is 5.97 Å². The number of rotatable bonds is 5. The van der Waals surface area contributed by atoms with Crippen LogP contribution in [0.2, 0.25) is 0 Å². The van der Waals surface area contributed by atoms with Crippen LogP contribution in [0.25, 0.3) is 0 Å². The third kappa shape index (κ3) is 3.07. The smallest absolute Gasteiger partial charge is 0.347 e. The van der Waals surface area contributed by atoms with Crippen LogP contribution in [0.4, 0.5) is 5.13 Å². The maximum Gasteiger partial charge on any atom is 0.347 e. The summed E-state index contributed by atoms with van der Waals surface area (Å²) in [6, 6.07) is 3.85. The summed E-state index contributed by atoms with van der Waals surface area (Å²) in [4.78, 5) is 14.8. The van der Waals surface area contributed by atoms with Crippen LogP contribution in [0.3, 0.4) is 0 Å². The molecule has 0 saturated heterocycles. The summed E-state index contributed by atoms with van der Waals surface area (Å²) in [6.07, 6.45) is 2.10. The van der Waals surface area contributed by atoms with Crippen LogP contribution >= 0.6 is 11.3 Å². The maximum absolute atomic E-state index is 10.6. The van der Waals surface area contributed by atoms with Crippen molar-refractivity contribution in [2.75, 3.05) is 11.9 Å². The Morgan fingerprint density at radius 3 is 3.00 bits per heavy atom. The number of hydrogen-bond acceptors (Lipinski definition) is 5. The average molecular weight is 252 g/mol. The molecule has 0 aliphatic heterocycles. The number of carbonyl (C=O) groups is 1. The molecule has 0 radical (unpaired) electrons. The Morgan fingerprint density at radius 2 is 2.41 bits per heavy atom. The molecule has 2 N–H and O–H groups in total. The standard InChI is InChI=1S/C11H12N2O3S/c1-7-2-3-8(16-7)4-5-12-11-13-6-9(17-11)10(14)15/h2-3,6H,4-5H2,1H3,(H,12,13)(H,14,15). The summed E-state index contributed by atoms with van der Waals surface area (Å²) >= 11 is 1.13. The summed E-state index contributed by atoms with van der Waals surface area (Å²) < 4.78 is 5.41. The van der Waals surface area contributed by atoms with Gasteiger partial charge in [0.2, 0.25) is 0 Å². The number of aryl methyl sites for hydroxylation is 1. The second-order valence-corrected chi connectivity index (χ2v) is 4.55. The normalized spacial score (nSPS) is 10.4. The lowest BCUT2D eigenvalue weighted by atomic mass is 10.3. The maximum atomic E-state index is 10.6. The summed E-state index contributed by atoms with van der Waals surface area (Å²) in [7, 11) is 0. The van der Waals surface area contributed by atoms with E-state index in [1.807, 2.05) is 19.1 Å². The molecule has 0 atom stereocenters. The van der Waals surface area contributed by atoms with Crippen molar-refractivity contribution in [3.8, 4) is 0 Å². The van der Waals surface area contributed by atoms with Crippen LogP contribution in [0.15, 0.2) is 22.7 Å². The fraction of sp³-hybridized carbons (Fsp3) is 0.273. The van der Waals surface area contributed by atoms with Crippen molar-refractivity contribution in [3.63, 3.8) is 0 Å². The Labute approximate surface area is 102 Å².